The van der Waals surface area contributed by atoms with E-state index in [4.69, 9.17) is 0 Å². The summed E-state index contributed by atoms with van der Waals surface area (Å²) in [4.78, 5) is 14.3. The van der Waals surface area contributed by atoms with Gasteiger partial charge in [0, 0.05) is 16.6 Å². The smallest absolute Gasteiger partial charge is 0.545 e. The molecule has 0 radical (unpaired) electrons. The van der Waals surface area contributed by atoms with Gasteiger partial charge in [-0.05, 0) is 36.6 Å². The van der Waals surface area contributed by atoms with Gasteiger partial charge in [-0.15, -0.1) is 0 Å². The molecule has 1 heterocycles. The number of benzene rings is 1. The first-order chi connectivity index (χ1) is 13.2. The van der Waals surface area contributed by atoms with Crippen molar-refractivity contribution in [3.05, 3.63) is 35.5 Å². The van der Waals surface area contributed by atoms with Gasteiger partial charge in [0.2, 0.25) is 0 Å². The standard InChI is InChI=1S/C24H37NO2.Na/c1-2-3-4-5-6-7-8-9-10-11-12-13-14-15-22-19-21-18-20(24(26)27)16-17-23(21)25-22;/h16-19,25H,2-15H2,1H3,(H,26,27);/q;+1/p-1. The van der Waals surface area contributed by atoms with Crippen molar-refractivity contribution in [3.63, 3.8) is 0 Å². The molecule has 0 aliphatic carbocycles. The van der Waals surface area contributed by atoms with Crippen molar-refractivity contribution in [2.75, 3.05) is 0 Å². The van der Waals surface area contributed by atoms with Crippen molar-refractivity contribution in [1.29, 1.82) is 0 Å². The van der Waals surface area contributed by atoms with Crippen LogP contribution in [0.3, 0.4) is 0 Å². The number of carboxylic acids is 1. The first kappa shape index (κ1) is 25.3. The quantitative estimate of drug-likeness (QED) is 0.373. The summed E-state index contributed by atoms with van der Waals surface area (Å²) in [6.07, 6.45) is 18.8. The average Bonchev–Trinajstić information content (AvgIpc) is 3.07. The number of aromatic amines is 1. The second-order valence-electron chi connectivity index (χ2n) is 7.88. The molecule has 0 amide bonds. The fourth-order valence-electron chi connectivity index (χ4n) is 3.79. The second kappa shape index (κ2) is 15.1. The van der Waals surface area contributed by atoms with E-state index in [0.29, 0.717) is 0 Å². The first-order valence-electron chi connectivity index (χ1n) is 11.0. The molecule has 1 N–H and O–H groups in total. The Hall–Kier alpha value is -0.770. The van der Waals surface area contributed by atoms with Crippen molar-refractivity contribution in [2.24, 2.45) is 0 Å². The molecule has 0 unspecified atom stereocenters. The third-order valence-electron chi connectivity index (χ3n) is 5.46. The number of nitrogens with one attached hydrogen (secondary N) is 1. The maximum absolute atomic E-state index is 10.9. The molecule has 0 fully saturated rings. The Balaban J connectivity index is 0.00000392. The predicted molar refractivity (Wildman–Crippen MR) is 112 cm³/mol. The first-order valence-corrected chi connectivity index (χ1v) is 11.0. The number of carbonyl (C=O) groups excluding carboxylic acids is 1. The van der Waals surface area contributed by atoms with Crippen LogP contribution in [0.15, 0.2) is 24.3 Å². The van der Waals surface area contributed by atoms with Gasteiger partial charge >= 0.3 is 29.6 Å². The number of rotatable bonds is 15. The molecule has 3 nitrogen and oxygen atoms in total. The molecule has 0 atom stereocenters. The molecule has 1 aromatic heterocycles. The minimum absolute atomic E-state index is 0. The average molecular weight is 394 g/mol. The normalized spacial score (nSPS) is 10.9. The Morgan fingerprint density at radius 1 is 0.821 bits per heavy atom. The van der Waals surface area contributed by atoms with Crippen LogP contribution in [0.5, 0.6) is 0 Å². The van der Waals surface area contributed by atoms with Crippen LogP contribution in [-0.2, 0) is 6.42 Å². The summed E-state index contributed by atoms with van der Waals surface area (Å²) >= 11 is 0. The van der Waals surface area contributed by atoms with Gasteiger partial charge in [0.05, 0.1) is 5.97 Å². The van der Waals surface area contributed by atoms with Gasteiger partial charge in [0.25, 0.3) is 0 Å². The molecule has 0 saturated heterocycles. The summed E-state index contributed by atoms with van der Waals surface area (Å²) < 4.78 is 0. The third-order valence-corrected chi connectivity index (χ3v) is 5.46. The van der Waals surface area contributed by atoms with Gasteiger partial charge in [-0.2, -0.15) is 0 Å². The van der Waals surface area contributed by atoms with E-state index in [1.54, 1.807) is 12.1 Å². The Morgan fingerprint density at radius 2 is 1.36 bits per heavy atom. The molecule has 150 valence electrons. The second-order valence-corrected chi connectivity index (χ2v) is 7.88. The zero-order chi connectivity index (χ0) is 19.3. The number of H-pyrrole nitrogens is 1. The molecule has 0 bridgehead atoms. The number of aromatic nitrogens is 1. The van der Waals surface area contributed by atoms with Crippen LogP contribution in [0.2, 0.25) is 0 Å². The third kappa shape index (κ3) is 9.62. The van der Waals surface area contributed by atoms with Crippen LogP contribution in [0, 0.1) is 0 Å². The number of aromatic carboxylic acids is 1. The van der Waals surface area contributed by atoms with Gasteiger partial charge < -0.3 is 14.9 Å². The molecule has 28 heavy (non-hydrogen) atoms. The summed E-state index contributed by atoms with van der Waals surface area (Å²) in [6.45, 7) is 2.27. The van der Waals surface area contributed by atoms with E-state index in [0.717, 1.165) is 17.3 Å². The summed E-state index contributed by atoms with van der Waals surface area (Å²) in [5.41, 5.74) is 2.45. The maximum Gasteiger partial charge on any atom is 1.00 e. The van der Waals surface area contributed by atoms with Crippen molar-refractivity contribution in [3.8, 4) is 0 Å². The van der Waals surface area contributed by atoms with Crippen molar-refractivity contribution >= 4 is 16.9 Å². The Kier molecular flexibility index (Phi) is 13.6. The minimum Gasteiger partial charge on any atom is -0.545 e. The molecule has 2 rings (SSSR count). The van der Waals surface area contributed by atoms with E-state index in [1.807, 2.05) is 6.07 Å². The van der Waals surface area contributed by atoms with Gasteiger partial charge in [-0.1, -0.05) is 90.0 Å². The topological polar surface area (TPSA) is 55.9 Å². The van der Waals surface area contributed by atoms with E-state index in [1.165, 1.54) is 89.2 Å². The predicted octanol–water partition coefficient (Wildman–Crippen LogP) is 3.17. The van der Waals surface area contributed by atoms with Gasteiger partial charge in [0.15, 0.2) is 0 Å². The summed E-state index contributed by atoms with van der Waals surface area (Å²) in [5.74, 6) is -1.11. The van der Waals surface area contributed by atoms with Crippen LogP contribution in [0.1, 0.15) is 106 Å². The maximum atomic E-state index is 10.9. The molecule has 0 aliphatic rings. The van der Waals surface area contributed by atoms with E-state index in [9.17, 15) is 9.90 Å². The van der Waals surface area contributed by atoms with Crippen molar-refractivity contribution in [1.82, 2.24) is 4.98 Å². The number of fused-ring (bicyclic) bond motifs is 1. The van der Waals surface area contributed by atoms with Crippen LogP contribution in [0.25, 0.3) is 10.9 Å². The van der Waals surface area contributed by atoms with E-state index < -0.39 is 5.97 Å². The van der Waals surface area contributed by atoms with Crippen molar-refractivity contribution < 1.29 is 39.5 Å². The molecule has 0 saturated carbocycles. The number of aryl methyl sites for hydroxylation is 1. The monoisotopic (exact) mass is 393 g/mol. The van der Waals surface area contributed by atoms with Crippen LogP contribution in [0.4, 0.5) is 0 Å². The SMILES string of the molecule is CCCCCCCCCCCCCCCc1cc2cc(C(=O)[O-])ccc2[nH]1.[Na+]. The number of unbranched alkanes of at least 4 members (excludes halogenated alkanes) is 12. The van der Waals surface area contributed by atoms with Crippen LogP contribution in [-0.4, -0.2) is 11.0 Å². The number of hydrogen-bond donors (Lipinski definition) is 1. The largest absolute Gasteiger partial charge is 1.00 e. The molecule has 0 aliphatic heterocycles. The van der Waals surface area contributed by atoms with E-state index >= 15 is 0 Å². The number of carboxylic acid groups (broad SMARTS) is 1. The summed E-state index contributed by atoms with van der Waals surface area (Å²) in [5, 5.41) is 11.9. The number of hydrogen-bond acceptors (Lipinski definition) is 2. The van der Waals surface area contributed by atoms with E-state index in [-0.39, 0.29) is 35.1 Å². The van der Waals surface area contributed by atoms with Gasteiger partial charge in [-0.25, -0.2) is 0 Å². The van der Waals surface area contributed by atoms with E-state index in [2.05, 4.69) is 18.0 Å². The fourth-order valence-corrected chi connectivity index (χ4v) is 3.79. The van der Waals surface area contributed by atoms with Crippen LogP contribution >= 0.6 is 0 Å². The zero-order valence-corrected chi connectivity index (χ0v) is 20.0. The van der Waals surface area contributed by atoms with Gasteiger partial charge in [-0.3, -0.25) is 0 Å². The minimum atomic E-state index is -1.11. The zero-order valence-electron chi connectivity index (χ0n) is 18.0. The molecule has 0 spiro atoms. The molecular weight excluding hydrogens is 357 g/mol. The fraction of sp³-hybridized carbons (Fsp3) is 0.625. The molecule has 4 heteroatoms. The van der Waals surface area contributed by atoms with Crippen molar-refractivity contribution in [2.45, 2.75) is 96.8 Å². The summed E-state index contributed by atoms with van der Waals surface area (Å²) in [7, 11) is 0. The Labute approximate surface area is 193 Å². The van der Waals surface area contributed by atoms with Gasteiger partial charge in [0.1, 0.15) is 0 Å². The Bertz CT molecular complexity index is 680. The summed E-state index contributed by atoms with van der Waals surface area (Å²) in [6, 6.07) is 7.19. The Morgan fingerprint density at radius 3 is 1.89 bits per heavy atom. The van der Waals surface area contributed by atoms with Crippen LogP contribution < -0.4 is 34.7 Å². The molecule has 2 aromatic rings. The number of carbonyl (C=O) groups is 1. The molecular formula is C24H36NNaO2. The molecule has 1 aromatic carbocycles.